The first-order valence-electron chi connectivity index (χ1n) is 5.03. The van der Waals surface area contributed by atoms with E-state index in [0.29, 0.717) is 0 Å². The Labute approximate surface area is 98.3 Å². The minimum Gasteiger partial charge on any atom is -0.479 e. The highest BCUT2D eigenvalue weighted by molar-refractivity contribution is 5.78. The van der Waals surface area contributed by atoms with Crippen LogP contribution in [0.4, 0.5) is 0 Å². The van der Waals surface area contributed by atoms with Crippen molar-refractivity contribution in [2.24, 2.45) is 7.05 Å². The molecule has 0 saturated heterocycles. The van der Waals surface area contributed by atoms with Crippen molar-refractivity contribution in [1.29, 1.82) is 0 Å². The number of carboxylic acids is 1. The number of nitrogens with one attached hydrogen (secondary N) is 1. The molecule has 0 radical (unpaired) electrons. The van der Waals surface area contributed by atoms with E-state index in [-0.39, 0.29) is 6.42 Å². The summed E-state index contributed by atoms with van der Waals surface area (Å²) in [6.07, 6.45) is 0.116. The molecule has 94 valence electrons. The van der Waals surface area contributed by atoms with Gasteiger partial charge in [-0.1, -0.05) is 0 Å². The number of hydroxylamine groups is 1. The predicted molar refractivity (Wildman–Crippen MR) is 58.1 cm³/mol. The monoisotopic (exact) mass is 241 g/mol. The Kier molecular flexibility index (Phi) is 4.22. The molecule has 0 aliphatic heterocycles. The van der Waals surface area contributed by atoms with E-state index in [1.165, 1.54) is 0 Å². The number of aromatic nitrogens is 2. The highest BCUT2D eigenvalue weighted by Gasteiger charge is 2.13. The zero-order valence-corrected chi connectivity index (χ0v) is 9.98. The SMILES string of the molecule is Cc1nn(C)c(C)c1CC(=O)NOCC(=O)O. The fourth-order valence-corrected chi connectivity index (χ4v) is 1.45. The third-order valence-electron chi connectivity index (χ3n) is 2.38. The van der Waals surface area contributed by atoms with Crippen LogP contribution < -0.4 is 5.48 Å². The van der Waals surface area contributed by atoms with Gasteiger partial charge >= 0.3 is 5.97 Å². The number of carbonyl (C=O) groups is 2. The van der Waals surface area contributed by atoms with Gasteiger partial charge in [0.1, 0.15) is 0 Å². The van der Waals surface area contributed by atoms with Gasteiger partial charge in [-0.05, 0) is 13.8 Å². The first-order valence-corrected chi connectivity index (χ1v) is 5.03. The van der Waals surface area contributed by atoms with Gasteiger partial charge in [-0.2, -0.15) is 5.10 Å². The minimum atomic E-state index is -1.14. The Morgan fingerprint density at radius 1 is 1.47 bits per heavy atom. The third kappa shape index (κ3) is 3.56. The Balaban J connectivity index is 2.53. The summed E-state index contributed by atoms with van der Waals surface area (Å²) in [6.45, 7) is 3.12. The van der Waals surface area contributed by atoms with Crippen molar-refractivity contribution >= 4 is 11.9 Å². The van der Waals surface area contributed by atoms with E-state index in [1.54, 1.807) is 11.7 Å². The minimum absolute atomic E-state index is 0.116. The van der Waals surface area contributed by atoms with Crippen molar-refractivity contribution in [1.82, 2.24) is 15.3 Å². The Morgan fingerprint density at radius 3 is 2.59 bits per heavy atom. The molecule has 1 amide bonds. The van der Waals surface area contributed by atoms with Gasteiger partial charge in [0.2, 0.25) is 5.91 Å². The van der Waals surface area contributed by atoms with Crippen LogP contribution in [-0.2, 0) is 27.9 Å². The Hall–Kier alpha value is -1.89. The Morgan fingerprint density at radius 2 is 2.12 bits per heavy atom. The summed E-state index contributed by atoms with van der Waals surface area (Å²) in [5.41, 5.74) is 4.57. The lowest BCUT2D eigenvalue weighted by molar-refractivity contribution is -0.149. The average molecular weight is 241 g/mol. The molecule has 2 N–H and O–H groups in total. The highest BCUT2D eigenvalue weighted by atomic mass is 16.7. The normalized spacial score (nSPS) is 10.3. The number of hydrogen-bond donors (Lipinski definition) is 2. The van der Waals surface area contributed by atoms with E-state index in [2.05, 4.69) is 15.4 Å². The fraction of sp³-hybridized carbons (Fsp3) is 0.500. The quantitative estimate of drug-likeness (QED) is 0.691. The molecule has 1 rings (SSSR count). The summed E-state index contributed by atoms with van der Waals surface area (Å²) >= 11 is 0. The molecule has 0 fully saturated rings. The highest BCUT2D eigenvalue weighted by Crippen LogP contribution is 2.12. The van der Waals surface area contributed by atoms with Gasteiger partial charge in [0, 0.05) is 18.3 Å². The number of rotatable bonds is 5. The maximum atomic E-state index is 11.4. The maximum Gasteiger partial charge on any atom is 0.332 e. The van der Waals surface area contributed by atoms with Crippen molar-refractivity contribution in [3.05, 3.63) is 17.0 Å². The molecule has 17 heavy (non-hydrogen) atoms. The van der Waals surface area contributed by atoms with Gasteiger partial charge in [0.15, 0.2) is 6.61 Å². The molecule has 0 aliphatic rings. The molecule has 7 nitrogen and oxygen atoms in total. The molecule has 1 aromatic rings. The van der Waals surface area contributed by atoms with Crippen LogP contribution in [0, 0.1) is 13.8 Å². The second-order valence-electron chi connectivity index (χ2n) is 3.66. The van der Waals surface area contributed by atoms with Crippen LogP contribution >= 0.6 is 0 Å². The number of aryl methyl sites for hydroxylation is 2. The second-order valence-corrected chi connectivity index (χ2v) is 3.66. The zero-order valence-electron chi connectivity index (χ0n) is 9.98. The van der Waals surface area contributed by atoms with E-state index in [4.69, 9.17) is 5.11 Å². The zero-order chi connectivity index (χ0) is 13.0. The summed E-state index contributed by atoms with van der Waals surface area (Å²) < 4.78 is 1.69. The molecule has 1 heterocycles. The number of carbonyl (C=O) groups excluding carboxylic acids is 1. The van der Waals surface area contributed by atoms with Gasteiger partial charge in [-0.15, -0.1) is 0 Å². The smallest absolute Gasteiger partial charge is 0.332 e. The van der Waals surface area contributed by atoms with Crippen molar-refractivity contribution in [3.8, 4) is 0 Å². The fourth-order valence-electron chi connectivity index (χ4n) is 1.45. The second kappa shape index (κ2) is 5.44. The standard InChI is InChI=1S/C10H15N3O4/c1-6-8(7(2)13(3)11-6)4-9(14)12-17-5-10(15)16/h4-5H2,1-3H3,(H,12,14)(H,15,16). The Bertz CT molecular complexity index is 439. The number of amides is 1. The third-order valence-corrected chi connectivity index (χ3v) is 2.38. The van der Waals surface area contributed by atoms with E-state index in [9.17, 15) is 9.59 Å². The lowest BCUT2D eigenvalue weighted by Crippen LogP contribution is -2.28. The molecule has 1 aromatic heterocycles. The van der Waals surface area contributed by atoms with Crippen LogP contribution in [0.25, 0.3) is 0 Å². The topological polar surface area (TPSA) is 93.5 Å². The lowest BCUT2D eigenvalue weighted by atomic mass is 10.1. The molecule has 0 atom stereocenters. The van der Waals surface area contributed by atoms with Crippen LogP contribution in [0.15, 0.2) is 0 Å². The number of aliphatic carboxylic acids is 1. The van der Waals surface area contributed by atoms with Gasteiger partial charge in [-0.3, -0.25) is 14.3 Å². The summed E-state index contributed by atoms with van der Waals surface area (Å²) in [5.74, 6) is -1.54. The van der Waals surface area contributed by atoms with E-state index in [1.807, 2.05) is 13.8 Å². The molecule has 0 aromatic carbocycles. The summed E-state index contributed by atoms with van der Waals surface area (Å²) in [4.78, 5) is 26.1. The first kappa shape index (κ1) is 13.2. The van der Waals surface area contributed by atoms with Crippen LogP contribution in [0.2, 0.25) is 0 Å². The van der Waals surface area contributed by atoms with E-state index >= 15 is 0 Å². The van der Waals surface area contributed by atoms with Crippen molar-refractivity contribution in [2.75, 3.05) is 6.61 Å². The molecular weight excluding hydrogens is 226 g/mol. The van der Waals surface area contributed by atoms with Crippen LogP contribution in [0.1, 0.15) is 17.0 Å². The van der Waals surface area contributed by atoms with E-state index < -0.39 is 18.5 Å². The number of nitrogens with zero attached hydrogens (tertiary/aromatic N) is 2. The molecule has 0 aliphatic carbocycles. The first-order chi connectivity index (χ1) is 7.91. The van der Waals surface area contributed by atoms with Crippen molar-refractivity contribution in [2.45, 2.75) is 20.3 Å². The molecule has 0 spiro atoms. The summed E-state index contributed by atoms with van der Waals surface area (Å²) in [5, 5.41) is 12.5. The average Bonchev–Trinajstić information content (AvgIpc) is 2.44. The van der Waals surface area contributed by atoms with Crippen LogP contribution in [0.3, 0.4) is 0 Å². The summed E-state index contributed by atoms with van der Waals surface area (Å²) in [6, 6.07) is 0. The molecular formula is C10H15N3O4. The van der Waals surface area contributed by atoms with Crippen LogP contribution in [0.5, 0.6) is 0 Å². The van der Waals surface area contributed by atoms with Gasteiger partial charge in [-0.25, -0.2) is 10.3 Å². The largest absolute Gasteiger partial charge is 0.479 e. The van der Waals surface area contributed by atoms with Gasteiger partial charge in [0.05, 0.1) is 12.1 Å². The molecule has 0 saturated carbocycles. The lowest BCUT2D eigenvalue weighted by Gasteiger charge is -2.04. The van der Waals surface area contributed by atoms with Crippen molar-refractivity contribution in [3.63, 3.8) is 0 Å². The van der Waals surface area contributed by atoms with E-state index in [0.717, 1.165) is 17.0 Å². The summed E-state index contributed by atoms with van der Waals surface area (Å²) in [7, 11) is 1.80. The molecule has 0 bridgehead atoms. The van der Waals surface area contributed by atoms with Gasteiger partial charge < -0.3 is 5.11 Å². The molecule has 0 unspecified atom stereocenters. The van der Waals surface area contributed by atoms with Crippen molar-refractivity contribution < 1.29 is 19.5 Å². The molecule has 7 heteroatoms. The maximum absolute atomic E-state index is 11.4. The number of hydrogen-bond acceptors (Lipinski definition) is 4. The number of carboxylic acid groups (broad SMARTS) is 1. The predicted octanol–water partition coefficient (Wildman–Crippen LogP) is -0.288. The van der Waals surface area contributed by atoms with Gasteiger partial charge in [0.25, 0.3) is 0 Å². The van der Waals surface area contributed by atoms with Crippen LogP contribution in [-0.4, -0.2) is 33.4 Å².